The normalized spacial score (nSPS) is 26.7. The summed E-state index contributed by atoms with van der Waals surface area (Å²) >= 11 is 2.16. The third-order valence-electron chi connectivity index (χ3n) is 10.6. The lowest BCUT2D eigenvalue weighted by atomic mass is 9.78. The molecular weight excluding hydrogens is 512 g/mol. The minimum Gasteiger partial charge on any atom is -0.388 e. The molecule has 0 radical (unpaired) electrons. The second-order valence-corrected chi connectivity index (χ2v) is 14.9. The number of rotatable bonds is 5. The van der Waals surface area contributed by atoms with Crippen LogP contribution in [0.1, 0.15) is 116 Å². The Labute approximate surface area is 243 Å². The molecule has 4 aliphatic rings. The number of β-amino-alcohol motifs (C(OH)–C–C–N with tert-alkyl or cyclic N) is 1. The van der Waals surface area contributed by atoms with Gasteiger partial charge in [-0.25, -0.2) is 9.50 Å². The number of thiophene rings is 1. The predicted molar refractivity (Wildman–Crippen MR) is 165 cm³/mol. The Kier molecular flexibility index (Phi) is 6.75. The van der Waals surface area contributed by atoms with E-state index in [1.807, 2.05) is 6.92 Å². The first-order chi connectivity index (χ1) is 19.3. The maximum Gasteiger partial charge on any atom is 0.158 e. The quantitative estimate of drug-likeness (QED) is 0.359. The van der Waals surface area contributed by atoms with Crippen molar-refractivity contribution in [3.05, 3.63) is 50.1 Å². The summed E-state index contributed by atoms with van der Waals surface area (Å²) in [5, 5.41) is 14.9. The van der Waals surface area contributed by atoms with E-state index in [1.54, 1.807) is 43.9 Å². The number of allylic oxidation sites excluding steroid dienone is 2. The van der Waals surface area contributed by atoms with E-state index in [4.69, 9.17) is 0 Å². The highest BCUT2D eigenvalue weighted by molar-refractivity contribution is 7.12. The van der Waals surface area contributed by atoms with Gasteiger partial charge in [0.1, 0.15) is 6.33 Å². The molecule has 3 aromatic rings. The van der Waals surface area contributed by atoms with E-state index in [1.165, 1.54) is 62.5 Å². The molecule has 2 fully saturated rings. The smallest absolute Gasteiger partial charge is 0.158 e. The zero-order valence-electron chi connectivity index (χ0n) is 25.1. The monoisotopic (exact) mass is 558 g/mol. The van der Waals surface area contributed by atoms with Gasteiger partial charge in [-0.15, -0.1) is 11.3 Å². The van der Waals surface area contributed by atoms with Gasteiger partial charge in [0.15, 0.2) is 5.65 Å². The number of hydrogen-bond acceptors (Lipinski definition) is 5. The summed E-state index contributed by atoms with van der Waals surface area (Å²) in [6.45, 7) is 13.4. The highest BCUT2D eigenvalue weighted by atomic mass is 32.1. The Morgan fingerprint density at radius 1 is 1.07 bits per heavy atom. The van der Waals surface area contributed by atoms with Crippen LogP contribution in [0.3, 0.4) is 0 Å². The molecule has 4 heterocycles. The molecule has 3 aliphatic carbocycles. The van der Waals surface area contributed by atoms with Crippen molar-refractivity contribution in [3.63, 3.8) is 0 Å². The summed E-state index contributed by atoms with van der Waals surface area (Å²) in [7, 11) is 0. The molecule has 1 atom stereocenters. The van der Waals surface area contributed by atoms with Crippen LogP contribution >= 0.6 is 11.3 Å². The fraction of sp³-hybridized carbons (Fsp3) is 0.647. The van der Waals surface area contributed by atoms with Crippen molar-refractivity contribution in [2.75, 3.05) is 13.1 Å². The Morgan fingerprint density at radius 3 is 2.52 bits per heavy atom. The van der Waals surface area contributed by atoms with E-state index in [-0.39, 0.29) is 0 Å². The van der Waals surface area contributed by atoms with E-state index in [2.05, 4.69) is 64.7 Å². The summed E-state index contributed by atoms with van der Waals surface area (Å²) in [4.78, 5) is 10.5. The van der Waals surface area contributed by atoms with Gasteiger partial charge in [0, 0.05) is 46.2 Å². The first-order valence-corrected chi connectivity index (χ1v) is 16.7. The molecule has 7 rings (SSSR count). The van der Waals surface area contributed by atoms with E-state index in [9.17, 15) is 5.11 Å². The van der Waals surface area contributed by atoms with Crippen molar-refractivity contribution >= 4 is 28.1 Å². The topological polar surface area (TPSA) is 53.7 Å². The lowest BCUT2D eigenvalue weighted by molar-refractivity contribution is -0.107. The van der Waals surface area contributed by atoms with Gasteiger partial charge in [-0.05, 0) is 124 Å². The number of likely N-dealkylation sites (tertiary alicyclic amines) is 1. The molecule has 5 nitrogen and oxygen atoms in total. The predicted octanol–water partition coefficient (Wildman–Crippen LogP) is 7.22. The van der Waals surface area contributed by atoms with Crippen molar-refractivity contribution in [2.24, 2.45) is 11.8 Å². The zero-order chi connectivity index (χ0) is 27.8. The summed E-state index contributed by atoms with van der Waals surface area (Å²) in [5.74, 6) is 1.74. The fourth-order valence-electron chi connectivity index (χ4n) is 8.76. The molecule has 1 N–H and O–H groups in total. The molecule has 0 bridgehead atoms. The second kappa shape index (κ2) is 10.1. The van der Waals surface area contributed by atoms with Crippen LogP contribution in [-0.4, -0.2) is 49.3 Å². The van der Waals surface area contributed by atoms with E-state index < -0.39 is 5.60 Å². The number of hydrogen-bond donors (Lipinski definition) is 1. The fourth-order valence-corrected chi connectivity index (χ4v) is 10.3. The number of fused-ring (bicyclic) bond motifs is 4. The summed E-state index contributed by atoms with van der Waals surface area (Å²) in [5.41, 5.74) is 11.5. The summed E-state index contributed by atoms with van der Waals surface area (Å²) in [6, 6.07) is 0.659. The van der Waals surface area contributed by atoms with Gasteiger partial charge in [-0.3, -0.25) is 4.90 Å². The van der Waals surface area contributed by atoms with E-state index >= 15 is 0 Å². The Balaban J connectivity index is 1.30. The van der Waals surface area contributed by atoms with E-state index in [0.29, 0.717) is 23.8 Å². The van der Waals surface area contributed by atoms with Gasteiger partial charge in [0.05, 0.1) is 5.60 Å². The Hall–Kier alpha value is -2.02. The third kappa shape index (κ3) is 4.32. The van der Waals surface area contributed by atoms with Crippen LogP contribution in [0.15, 0.2) is 12.5 Å². The SMILES string of the molecule is CCC1CCc2sc(C3CCC(N4CC(C)(O)C4)CC3)c(C)c2C(C(C)C)=C1c1cn2ncnc2c2c1CCC2. The minimum atomic E-state index is -0.467. The molecule has 6 heteroatoms. The first-order valence-electron chi connectivity index (χ1n) is 15.9. The van der Waals surface area contributed by atoms with Crippen LogP contribution in [0.4, 0.5) is 0 Å². The number of nitrogens with zero attached hydrogens (tertiary/aromatic N) is 4. The van der Waals surface area contributed by atoms with Gasteiger partial charge in [-0.1, -0.05) is 20.8 Å². The average molecular weight is 559 g/mol. The number of aliphatic hydroxyl groups is 1. The highest BCUT2D eigenvalue weighted by Crippen LogP contribution is 2.52. The molecule has 1 unspecified atom stereocenters. The molecule has 0 amide bonds. The third-order valence-corrected chi connectivity index (χ3v) is 12.1. The Morgan fingerprint density at radius 2 is 1.82 bits per heavy atom. The van der Waals surface area contributed by atoms with Crippen LogP contribution in [0.2, 0.25) is 0 Å². The van der Waals surface area contributed by atoms with Crippen LogP contribution in [0.25, 0.3) is 16.8 Å². The lowest BCUT2D eigenvalue weighted by Crippen LogP contribution is -2.63. The van der Waals surface area contributed by atoms with Crippen LogP contribution in [0.5, 0.6) is 0 Å². The largest absolute Gasteiger partial charge is 0.388 e. The standard InChI is InChI=1S/C34H46N4OS/c1-6-22-12-15-28-30(21(4)32(40-28)23-10-13-24(14-11-23)37-17-34(5,39)18-37)29(20(2)3)31(22)27-16-38-33(35-19-36-38)26-9-7-8-25(26)27/h16,19-20,22-24,39H,6-15,17-18H2,1-5H3. The van der Waals surface area contributed by atoms with Crippen molar-refractivity contribution in [2.45, 2.75) is 116 Å². The number of pyridine rings is 1. The molecule has 0 aromatic carbocycles. The molecule has 214 valence electrons. The van der Waals surface area contributed by atoms with Gasteiger partial charge < -0.3 is 5.11 Å². The van der Waals surface area contributed by atoms with Gasteiger partial charge >= 0.3 is 0 Å². The Bertz CT molecular complexity index is 1460. The molecule has 40 heavy (non-hydrogen) atoms. The number of aryl methyl sites for hydroxylation is 2. The van der Waals surface area contributed by atoms with E-state index in [0.717, 1.165) is 31.6 Å². The molecule has 0 spiro atoms. The van der Waals surface area contributed by atoms with Crippen molar-refractivity contribution in [1.82, 2.24) is 19.5 Å². The summed E-state index contributed by atoms with van der Waals surface area (Å²) < 4.78 is 2.06. The molecule has 3 aromatic heterocycles. The number of aromatic nitrogens is 3. The molecule has 1 aliphatic heterocycles. The van der Waals surface area contributed by atoms with Gasteiger partial charge in [-0.2, -0.15) is 5.10 Å². The van der Waals surface area contributed by atoms with Crippen molar-refractivity contribution < 1.29 is 5.11 Å². The lowest BCUT2D eigenvalue weighted by Gasteiger charge is -2.50. The highest BCUT2D eigenvalue weighted by Gasteiger charge is 2.42. The van der Waals surface area contributed by atoms with Gasteiger partial charge in [0.2, 0.25) is 0 Å². The van der Waals surface area contributed by atoms with Crippen molar-refractivity contribution in [1.29, 1.82) is 0 Å². The van der Waals surface area contributed by atoms with Crippen LogP contribution in [-0.2, 0) is 19.3 Å². The van der Waals surface area contributed by atoms with Gasteiger partial charge in [0.25, 0.3) is 0 Å². The molecule has 1 saturated heterocycles. The summed E-state index contributed by atoms with van der Waals surface area (Å²) in [6.07, 6.45) is 16.3. The maximum absolute atomic E-state index is 10.2. The molecule has 1 saturated carbocycles. The molecular formula is C34H46N4OS. The zero-order valence-corrected chi connectivity index (χ0v) is 25.9. The second-order valence-electron chi connectivity index (χ2n) is 13.8. The van der Waals surface area contributed by atoms with Crippen LogP contribution in [0, 0.1) is 18.8 Å². The maximum atomic E-state index is 10.2. The average Bonchev–Trinajstić information content (AvgIpc) is 3.63. The minimum absolute atomic E-state index is 0.467. The van der Waals surface area contributed by atoms with Crippen molar-refractivity contribution in [3.8, 4) is 0 Å². The first kappa shape index (κ1) is 26.9. The van der Waals surface area contributed by atoms with Crippen LogP contribution < -0.4 is 0 Å².